The zero-order chi connectivity index (χ0) is 29.0. The van der Waals surface area contributed by atoms with Gasteiger partial charge in [-0.25, -0.2) is 0 Å². The molecule has 6 heteroatoms. The van der Waals surface area contributed by atoms with Gasteiger partial charge in [0.1, 0.15) is 0 Å². The van der Waals surface area contributed by atoms with E-state index in [0.29, 0.717) is 18.0 Å². The molecule has 1 saturated carbocycles. The van der Waals surface area contributed by atoms with Gasteiger partial charge in [-0.15, -0.1) is 0 Å². The Hall–Kier alpha value is -4.80. The van der Waals surface area contributed by atoms with Crippen LogP contribution in [0.4, 0.5) is 0 Å². The number of nitrogens with one attached hydrogen (secondary N) is 1. The van der Waals surface area contributed by atoms with Crippen LogP contribution in [-0.4, -0.2) is 21.8 Å². The molecule has 0 unspecified atom stereocenters. The summed E-state index contributed by atoms with van der Waals surface area (Å²) < 4.78 is 2.03. The zero-order valence-electron chi connectivity index (χ0n) is 23.6. The molecule has 5 aromatic rings. The number of benzene rings is 4. The Kier molecular flexibility index (Phi) is 7.95. The molecule has 1 heterocycles. The first-order chi connectivity index (χ1) is 19.8. The molecular formula is C35H33N3O3. The minimum atomic E-state index is -0.248. The van der Waals surface area contributed by atoms with Crippen molar-refractivity contribution < 1.29 is 14.4 Å². The van der Waals surface area contributed by atoms with E-state index in [1.807, 2.05) is 35.9 Å². The van der Waals surface area contributed by atoms with Gasteiger partial charge < -0.3 is 5.32 Å². The molecule has 6 nitrogen and oxygen atoms in total. The van der Waals surface area contributed by atoms with E-state index >= 15 is 0 Å². The lowest BCUT2D eigenvalue weighted by Crippen LogP contribution is -2.34. The fourth-order valence-electron chi connectivity index (χ4n) is 5.30. The van der Waals surface area contributed by atoms with Crippen molar-refractivity contribution >= 4 is 23.0 Å². The van der Waals surface area contributed by atoms with Crippen LogP contribution in [0.3, 0.4) is 0 Å². The fourth-order valence-corrected chi connectivity index (χ4v) is 5.30. The van der Waals surface area contributed by atoms with Gasteiger partial charge in [0.15, 0.2) is 0 Å². The molecule has 1 fully saturated rings. The molecule has 6 rings (SSSR count). The summed E-state index contributed by atoms with van der Waals surface area (Å²) in [6.07, 6.45) is 2.20. The second-order valence-electron chi connectivity index (χ2n) is 10.9. The van der Waals surface area contributed by atoms with Crippen molar-refractivity contribution in [3.63, 3.8) is 0 Å². The third kappa shape index (κ3) is 6.03. The highest BCUT2D eigenvalue weighted by molar-refractivity contribution is 5.99. The van der Waals surface area contributed by atoms with E-state index in [2.05, 4.69) is 92.0 Å². The van der Waals surface area contributed by atoms with Gasteiger partial charge in [0, 0.05) is 10.9 Å². The van der Waals surface area contributed by atoms with Crippen molar-refractivity contribution in [2.75, 3.05) is 0 Å². The number of hydrogen-bond acceptors (Lipinski definition) is 4. The van der Waals surface area contributed by atoms with Crippen LogP contribution in [0.1, 0.15) is 65.3 Å². The second kappa shape index (κ2) is 11.7. The van der Waals surface area contributed by atoms with Crippen LogP contribution in [0.2, 0.25) is 0 Å². The maximum absolute atomic E-state index is 13.4. The van der Waals surface area contributed by atoms with Crippen molar-refractivity contribution in [1.82, 2.24) is 15.1 Å². The lowest BCUT2D eigenvalue weighted by atomic mass is 9.96. The number of carbonyl (C=O) groups is 1. The topological polar surface area (TPSA) is 81.1 Å². The van der Waals surface area contributed by atoms with Crippen LogP contribution in [0.25, 0.3) is 22.0 Å². The largest absolute Gasteiger partial charge is 0.373 e. The standard InChI is InChI=1S/C34H33N3O.CO2/c1-23(2)28-10-7-11-30(20-28)34(18-19-34)35-33(38)29-16-17-32-31(21-29)24(3)36-37(32)22-25-12-14-27(15-13-25)26-8-5-4-6-9-26;2-1-3/h4-17,20-21,23H,18-19,22H2,1-3H3,(H,35,38);. The van der Waals surface area contributed by atoms with Gasteiger partial charge in [0.25, 0.3) is 5.91 Å². The Balaban J connectivity index is 0.00000108. The van der Waals surface area contributed by atoms with Gasteiger partial charge in [-0.1, -0.05) is 92.7 Å². The number of amides is 1. The van der Waals surface area contributed by atoms with Crippen LogP contribution in [0.15, 0.2) is 97.1 Å². The summed E-state index contributed by atoms with van der Waals surface area (Å²) in [7, 11) is 0. The number of carbonyl (C=O) groups excluding carboxylic acids is 3. The summed E-state index contributed by atoms with van der Waals surface area (Å²) >= 11 is 0. The minimum absolute atomic E-state index is 0.0250. The second-order valence-corrected chi connectivity index (χ2v) is 10.9. The number of fused-ring (bicyclic) bond motifs is 1. The van der Waals surface area contributed by atoms with Gasteiger partial charge in [-0.05, 0) is 71.7 Å². The van der Waals surface area contributed by atoms with E-state index in [1.54, 1.807) is 0 Å². The number of aromatic nitrogens is 2. The molecule has 1 aliphatic carbocycles. The first-order valence-corrected chi connectivity index (χ1v) is 13.9. The van der Waals surface area contributed by atoms with Crippen molar-refractivity contribution in [1.29, 1.82) is 0 Å². The molecule has 0 atom stereocenters. The van der Waals surface area contributed by atoms with Gasteiger partial charge in [-0.3, -0.25) is 9.48 Å². The number of hydrogen-bond donors (Lipinski definition) is 1. The molecule has 1 N–H and O–H groups in total. The van der Waals surface area contributed by atoms with Gasteiger partial charge in [-0.2, -0.15) is 14.7 Å². The van der Waals surface area contributed by atoms with E-state index in [0.717, 1.165) is 29.4 Å². The Morgan fingerprint density at radius 2 is 1.59 bits per heavy atom. The van der Waals surface area contributed by atoms with E-state index in [9.17, 15) is 4.79 Å². The lowest BCUT2D eigenvalue weighted by Gasteiger charge is -2.20. The Labute approximate surface area is 240 Å². The smallest absolute Gasteiger partial charge is 0.343 e. The Morgan fingerprint density at radius 3 is 2.24 bits per heavy atom. The van der Waals surface area contributed by atoms with Crippen molar-refractivity contribution in [3.8, 4) is 11.1 Å². The quantitative estimate of drug-likeness (QED) is 0.239. The first-order valence-electron chi connectivity index (χ1n) is 13.9. The molecule has 0 saturated heterocycles. The summed E-state index contributed by atoms with van der Waals surface area (Å²) in [6.45, 7) is 7.10. The average molecular weight is 544 g/mol. The van der Waals surface area contributed by atoms with Crippen LogP contribution in [0, 0.1) is 6.92 Å². The Morgan fingerprint density at radius 1 is 0.902 bits per heavy atom. The van der Waals surface area contributed by atoms with Crippen molar-refractivity contribution in [2.24, 2.45) is 0 Å². The highest BCUT2D eigenvalue weighted by atomic mass is 16.2. The third-order valence-corrected chi connectivity index (χ3v) is 7.80. The maximum atomic E-state index is 13.4. The van der Waals surface area contributed by atoms with Gasteiger partial charge >= 0.3 is 6.15 Å². The Bertz CT molecular complexity index is 1710. The predicted octanol–water partition coefficient (Wildman–Crippen LogP) is 7.02. The fraction of sp³-hybridized carbons (Fsp3) is 0.229. The summed E-state index contributed by atoms with van der Waals surface area (Å²) in [5, 5.41) is 9.18. The third-order valence-electron chi connectivity index (χ3n) is 7.80. The molecule has 0 bridgehead atoms. The molecule has 41 heavy (non-hydrogen) atoms. The molecule has 0 aliphatic heterocycles. The molecule has 1 aromatic heterocycles. The van der Waals surface area contributed by atoms with Crippen LogP contribution < -0.4 is 5.32 Å². The molecule has 0 spiro atoms. The SMILES string of the molecule is Cc1nn(Cc2ccc(-c3ccccc3)cc2)c2ccc(C(=O)NC3(c4cccc(C(C)C)c4)CC3)cc12.O=C=O. The van der Waals surface area contributed by atoms with Crippen molar-refractivity contribution in [2.45, 2.75) is 51.6 Å². The average Bonchev–Trinajstić information content (AvgIpc) is 3.71. The van der Waals surface area contributed by atoms with Crippen molar-refractivity contribution in [3.05, 3.63) is 125 Å². The number of rotatable bonds is 7. The monoisotopic (exact) mass is 543 g/mol. The summed E-state index contributed by atoms with van der Waals surface area (Å²) in [5.41, 5.74) is 8.53. The molecule has 4 aromatic carbocycles. The van der Waals surface area contributed by atoms with Crippen LogP contribution >= 0.6 is 0 Å². The summed E-state index contributed by atoms with van der Waals surface area (Å²) in [6, 6.07) is 33.7. The highest BCUT2D eigenvalue weighted by Crippen LogP contribution is 2.46. The molecule has 1 aliphatic rings. The molecule has 1 amide bonds. The van der Waals surface area contributed by atoms with Gasteiger partial charge in [0.2, 0.25) is 0 Å². The van der Waals surface area contributed by atoms with Gasteiger partial charge in [0.05, 0.1) is 23.3 Å². The first kappa shape index (κ1) is 27.8. The van der Waals surface area contributed by atoms with Crippen LogP contribution in [0.5, 0.6) is 0 Å². The minimum Gasteiger partial charge on any atom is -0.343 e. The maximum Gasteiger partial charge on any atom is 0.373 e. The molecular weight excluding hydrogens is 510 g/mol. The summed E-state index contributed by atoms with van der Waals surface area (Å²) in [5.74, 6) is 0.438. The molecule has 206 valence electrons. The molecule has 0 radical (unpaired) electrons. The van der Waals surface area contributed by atoms with E-state index in [4.69, 9.17) is 14.7 Å². The van der Waals surface area contributed by atoms with Crippen LogP contribution in [-0.2, 0) is 21.7 Å². The number of nitrogens with zero attached hydrogens (tertiary/aromatic N) is 2. The normalized spacial score (nSPS) is 13.3. The highest BCUT2D eigenvalue weighted by Gasteiger charge is 2.45. The predicted molar refractivity (Wildman–Crippen MR) is 159 cm³/mol. The summed E-state index contributed by atoms with van der Waals surface area (Å²) in [4.78, 5) is 29.6. The lowest BCUT2D eigenvalue weighted by molar-refractivity contribution is -0.191. The van der Waals surface area contributed by atoms with E-state index in [1.165, 1.54) is 27.8 Å². The van der Waals surface area contributed by atoms with E-state index < -0.39 is 0 Å². The zero-order valence-corrected chi connectivity index (χ0v) is 23.6. The van der Waals surface area contributed by atoms with E-state index in [-0.39, 0.29) is 17.6 Å². The number of aryl methyl sites for hydroxylation is 1.